The van der Waals surface area contributed by atoms with Crippen LogP contribution in [0.2, 0.25) is 0 Å². The zero-order chi connectivity index (χ0) is 24.1. The van der Waals surface area contributed by atoms with Gasteiger partial charge in [0, 0.05) is 11.3 Å². The predicted octanol–water partition coefficient (Wildman–Crippen LogP) is 8.93. The van der Waals surface area contributed by atoms with Crippen LogP contribution in [-0.2, 0) is 0 Å². The predicted molar refractivity (Wildman–Crippen MR) is 139 cm³/mol. The summed E-state index contributed by atoms with van der Waals surface area (Å²) in [6.45, 7) is 16.4. The molecule has 0 N–H and O–H groups in total. The Bertz CT molecular complexity index is 710. The first-order chi connectivity index (χ1) is 14.9. The number of carbonyl (C=O) groups is 1. The second-order valence-corrected chi connectivity index (χ2v) is 7.30. The van der Waals surface area contributed by atoms with Gasteiger partial charge in [0.15, 0.2) is 0 Å². The summed E-state index contributed by atoms with van der Waals surface area (Å²) in [7, 11) is 1.67. The molecule has 0 aliphatic carbocycles. The fraction of sp³-hybridized carbons (Fsp3) is 0.500. The first kappa shape index (κ1) is 30.8. The molecule has 3 heteroatoms. The second-order valence-electron chi connectivity index (χ2n) is 7.30. The van der Waals surface area contributed by atoms with Crippen molar-refractivity contribution in [2.75, 3.05) is 7.11 Å². The minimum atomic E-state index is 0.672. The molecule has 0 saturated heterocycles. The number of benzene rings is 2. The van der Waals surface area contributed by atoms with Crippen molar-refractivity contribution < 1.29 is 9.53 Å². The third-order valence-corrected chi connectivity index (χ3v) is 4.18. The van der Waals surface area contributed by atoms with Crippen molar-refractivity contribution in [3.8, 4) is 5.75 Å². The topological polar surface area (TPSA) is 38.7 Å². The Hall–Kier alpha value is -2.42. The Morgan fingerprint density at radius 1 is 0.903 bits per heavy atom. The van der Waals surface area contributed by atoms with Crippen molar-refractivity contribution in [2.45, 2.75) is 87.5 Å². The third kappa shape index (κ3) is 17.0. The van der Waals surface area contributed by atoms with Gasteiger partial charge in [0.05, 0.1) is 12.8 Å². The zero-order valence-corrected chi connectivity index (χ0v) is 21.4. The van der Waals surface area contributed by atoms with Gasteiger partial charge in [-0.05, 0) is 51.5 Å². The van der Waals surface area contributed by atoms with Crippen LogP contribution in [-0.4, -0.2) is 19.1 Å². The molecule has 0 fully saturated rings. The van der Waals surface area contributed by atoms with E-state index in [2.05, 4.69) is 25.8 Å². The maximum atomic E-state index is 10.5. The molecule has 0 spiro atoms. The number of rotatable bonds is 7. The van der Waals surface area contributed by atoms with E-state index in [9.17, 15) is 4.79 Å². The number of aldehydes is 1. The first-order valence-corrected chi connectivity index (χ1v) is 11.6. The van der Waals surface area contributed by atoms with E-state index in [0.717, 1.165) is 29.0 Å². The van der Waals surface area contributed by atoms with Crippen molar-refractivity contribution in [1.82, 2.24) is 0 Å². The number of hydrogen-bond donors (Lipinski definition) is 0. The van der Waals surface area contributed by atoms with Crippen LogP contribution in [0.25, 0.3) is 0 Å². The van der Waals surface area contributed by atoms with Crippen LogP contribution < -0.4 is 4.74 Å². The summed E-state index contributed by atoms with van der Waals surface area (Å²) < 4.78 is 4.97. The molecule has 0 aliphatic heterocycles. The molecule has 0 radical (unpaired) electrons. The molecular weight excluding hydrogens is 382 g/mol. The van der Waals surface area contributed by atoms with Crippen molar-refractivity contribution in [2.24, 2.45) is 4.99 Å². The number of aliphatic imine (C=N–C) groups is 1. The SMILES string of the molecule is CC.CC(C)=Nc1cc(C=O)ccc1C.CCCCCCC.COc1ccc(C)cc1. The molecule has 3 nitrogen and oxygen atoms in total. The minimum absolute atomic E-state index is 0.672. The molecule has 0 amide bonds. The maximum absolute atomic E-state index is 10.5. The van der Waals surface area contributed by atoms with Gasteiger partial charge in [0.1, 0.15) is 12.0 Å². The Kier molecular flexibility index (Phi) is 20.7. The number of nitrogens with zero attached hydrogens (tertiary/aromatic N) is 1. The van der Waals surface area contributed by atoms with Crippen molar-refractivity contribution >= 4 is 17.7 Å². The van der Waals surface area contributed by atoms with E-state index in [1.54, 1.807) is 19.2 Å². The fourth-order valence-electron chi connectivity index (χ4n) is 2.41. The number of ether oxygens (including phenoxy) is 1. The van der Waals surface area contributed by atoms with Crippen LogP contribution in [0.5, 0.6) is 5.75 Å². The smallest absolute Gasteiger partial charge is 0.150 e. The molecule has 31 heavy (non-hydrogen) atoms. The maximum Gasteiger partial charge on any atom is 0.150 e. The van der Waals surface area contributed by atoms with E-state index in [1.165, 1.54) is 37.7 Å². The van der Waals surface area contributed by atoms with Gasteiger partial charge >= 0.3 is 0 Å². The molecule has 0 heterocycles. The summed E-state index contributed by atoms with van der Waals surface area (Å²) in [6.07, 6.45) is 7.85. The second kappa shape index (κ2) is 20.8. The van der Waals surface area contributed by atoms with Gasteiger partial charge in [-0.15, -0.1) is 0 Å². The van der Waals surface area contributed by atoms with Crippen molar-refractivity contribution in [3.05, 3.63) is 59.2 Å². The van der Waals surface area contributed by atoms with Crippen LogP contribution in [0.3, 0.4) is 0 Å². The average Bonchev–Trinajstić information content (AvgIpc) is 2.78. The molecular formula is C28H45NO2. The number of hydrogen-bond acceptors (Lipinski definition) is 3. The zero-order valence-electron chi connectivity index (χ0n) is 21.4. The van der Waals surface area contributed by atoms with Crippen LogP contribution in [0.15, 0.2) is 47.5 Å². The number of aryl methyl sites for hydroxylation is 2. The summed E-state index contributed by atoms with van der Waals surface area (Å²) in [4.78, 5) is 14.8. The first-order valence-electron chi connectivity index (χ1n) is 11.6. The van der Waals surface area contributed by atoms with Crippen molar-refractivity contribution in [1.29, 1.82) is 0 Å². The van der Waals surface area contributed by atoms with Gasteiger partial charge in [0.25, 0.3) is 0 Å². The van der Waals surface area contributed by atoms with Gasteiger partial charge in [-0.3, -0.25) is 9.79 Å². The summed E-state index contributed by atoms with van der Waals surface area (Å²) in [5.74, 6) is 0.917. The van der Waals surface area contributed by atoms with E-state index in [4.69, 9.17) is 4.74 Å². The summed E-state index contributed by atoms with van der Waals surface area (Å²) in [5, 5.41) is 0. The van der Waals surface area contributed by atoms with Crippen LogP contribution in [0, 0.1) is 13.8 Å². The monoisotopic (exact) mass is 427 g/mol. The lowest BCUT2D eigenvalue weighted by Crippen LogP contribution is -1.84. The van der Waals surface area contributed by atoms with Crippen LogP contribution >= 0.6 is 0 Å². The lowest BCUT2D eigenvalue weighted by Gasteiger charge is -2.01. The Morgan fingerprint density at radius 3 is 1.87 bits per heavy atom. The highest BCUT2D eigenvalue weighted by atomic mass is 16.5. The number of methoxy groups -OCH3 is 1. The molecule has 2 rings (SSSR count). The van der Waals surface area contributed by atoms with E-state index in [-0.39, 0.29) is 0 Å². The molecule has 0 atom stereocenters. The van der Waals surface area contributed by atoms with E-state index >= 15 is 0 Å². The molecule has 174 valence electrons. The molecule has 0 aromatic heterocycles. The van der Waals surface area contributed by atoms with Crippen LogP contribution in [0.1, 0.15) is 95.1 Å². The largest absolute Gasteiger partial charge is 0.497 e. The Balaban J connectivity index is 0. The highest BCUT2D eigenvalue weighted by Gasteiger charge is 1.97. The van der Waals surface area contributed by atoms with E-state index in [0.29, 0.717) is 5.56 Å². The molecule has 0 aliphatic rings. The number of unbranched alkanes of at least 4 members (excludes halogenated alkanes) is 4. The highest BCUT2D eigenvalue weighted by Crippen LogP contribution is 2.19. The van der Waals surface area contributed by atoms with E-state index < -0.39 is 0 Å². The van der Waals surface area contributed by atoms with Crippen LogP contribution in [0.4, 0.5) is 5.69 Å². The minimum Gasteiger partial charge on any atom is -0.497 e. The van der Waals surface area contributed by atoms with Gasteiger partial charge in [-0.1, -0.05) is 89.6 Å². The summed E-state index contributed by atoms with van der Waals surface area (Å²) in [6, 6.07) is 13.5. The molecule has 2 aromatic rings. The van der Waals surface area contributed by atoms with E-state index in [1.807, 2.05) is 65.0 Å². The summed E-state index contributed by atoms with van der Waals surface area (Å²) in [5.41, 5.74) is 4.89. The Labute approximate surface area is 192 Å². The highest BCUT2D eigenvalue weighted by molar-refractivity contribution is 5.84. The lowest BCUT2D eigenvalue weighted by molar-refractivity contribution is 0.112. The average molecular weight is 428 g/mol. The lowest BCUT2D eigenvalue weighted by atomic mass is 10.1. The molecule has 0 saturated carbocycles. The standard InChI is InChI=1S/C11H13NO.C8H10O.C7H16.C2H6/c1-8(2)12-11-6-10(7-13)5-4-9(11)3;1-7-3-5-8(9-2)6-4-7;1-3-5-7-6-4-2;1-2/h4-7H,1-3H3;3-6H,1-2H3;3-7H2,1-2H3;1-2H3. The third-order valence-electron chi connectivity index (χ3n) is 4.18. The Morgan fingerprint density at radius 2 is 1.45 bits per heavy atom. The fourth-order valence-corrected chi connectivity index (χ4v) is 2.41. The molecule has 0 bridgehead atoms. The summed E-state index contributed by atoms with van der Waals surface area (Å²) >= 11 is 0. The molecule has 2 aromatic carbocycles. The van der Waals surface area contributed by atoms with Gasteiger partial charge < -0.3 is 4.74 Å². The normalized spacial score (nSPS) is 8.94. The van der Waals surface area contributed by atoms with Gasteiger partial charge in [-0.2, -0.15) is 0 Å². The quantitative estimate of drug-likeness (QED) is 0.251. The van der Waals surface area contributed by atoms with Gasteiger partial charge in [0.2, 0.25) is 0 Å². The number of carbonyl (C=O) groups excluding carboxylic acids is 1. The van der Waals surface area contributed by atoms with Gasteiger partial charge in [-0.25, -0.2) is 0 Å². The molecule has 0 unspecified atom stereocenters. The van der Waals surface area contributed by atoms with Crippen molar-refractivity contribution in [3.63, 3.8) is 0 Å².